The van der Waals surface area contributed by atoms with Crippen LogP contribution in [0.15, 0.2) is 66.9 Å². The van der Waals surface area contributed by atoms with Gasteiger partial charge in [0, 0.05) is 11.9 Å². The number of nitrogens with zero attached hydrogens (tertiary/aromatic N) is 2. The van der Waals surface area contributed by atoms with Gasteiger partial charge in [0.05, 0.1) is 5.41 Å². The third kappa shape index (κ3) is 3.33. The first-order valence-electron chi connectivity index (χ1n) is 9.13. The maximum Gasteiger partial charge on any atom is 0.237 e. The summed E-state index contributed by atoms with van der Waals surface area (Å²) < 4.78 is 5.74. The Bertz CT molecular complexity index is 1070. The van der Waals surface area contributed by atoms with Crippen LogP contribution in [-0.4, -0.2) is 10.9 Å². The van der Waals surface area contributed by atoms with Gasteiger partial charge < -0.3 is 10.1 Å². The summed E-state index contributed by atoms with van der Waals surface area (Å²) in [5, 5.41) is 12.2. The van der Waals surface area contributed by atoms with Crippen molar-refractivity contribution in [1.29, 1.82) is 5.26 Å². The second-order valence-electron chi connectivity index (χ2n) is 6.95. The van der Waals surface area contributed by atoms with E-state index in [0.29, 0.717) is 11.3 Å². The summed E-state index contributed by atoms with van der Waals surface area (Å²) in [5.74, 6) is 0.851. The summed E-state index contributed by atoms with van der Waals surface area (Å²) in [6.07, 6.45) is 3.30. The van der Waals surface area contributed by atoms with E-state index >= 15 is 0 Å². The molecule has 138 valence electrons. The fraction of sp³-hybridized carbons (Fsp3) is 0.174. The Hall–Kier alpha value is -3.65. The molecule has 28 heavy (non-hydrogen) atoms. The number of nitriles is 1. The monoisotopic (exact) mass is 369 g/mol. The third-order valence-electron chi connectivity index (χ3n) is 5.06. The van der Waals surface area contributed by atoms with Crippen LogP contribution in [-0.2, 0) is 10.2 Å². The van der Waals surface area contributed by atoms with Gasteiger partial charge in [0.2, 0.25) is 11.8 Å². The zero-order valence-corrected chi connectivity index (χ0v) is 15.5. The number of rotatable bonds is 5. The molecule has 0 unspecified atom stereocenters. The fourth-order valence-electron chi connectivity index (χ4n) is 3.28. The first-order valence-corrected chi connectivity index (χ1v) is 9.13. The average molecular weight is 369 g/mol. The molecule has 2 aromatic carbocycles. The van der Waals surface area contributed by atoms with Crippen molar-refractivity contribution in [2.75, 3.05) is 5.32 Å². The Morgan fingerprint density at radius 2 is 1.93 bits per heavy atom. The molecule has 0 bridgehead atoms. The van der Waals surface area contributed by atoms with E-state index in [-0.39, 0.29) is 11.8 Å². The van der Waals surface area contributed by atoms with Crippen LogP contribution in [0.25, 0.3) is 0 Å². The summed E-state index contributed by atoms with van der Waals surface area (Å²) in [4.78, 5) is 17.0. The Morgan fingerprint density at radius 1 is 1.14 bits per heavy atom. The molecule has 0 spiro atoms. The van der Waals surface area contributed by atoms with E-state index in [4.69, 9.17) is 10.00 Å². The van der Waals surface area contributed by atoms with Crippen LogP contribution < -0.4 is 10.1 Å². The maximum atomic E-state index is 12.9. The number of pyridine rings is 1. The van der Waals surface area contributed by atoms with Crippen LogP contribution in [0.3, 0.4) is 0 Å². The average Bonchev–Trinajstić information content (AvgIpc) is 3.53. The quantitative estimate of drug-likeness (QED) is 0.706. The Balaban J connectivity index is 1.51. The zero-order chi connectivity index (χ0) is 19.6. The number of amides is 1. The van der Waals surface area contributed by atoms with Gasteiger partial charge in [-0.2, -0.15) is 5.26 Å². The normalized spacial score (nSPS) is 14.0. The SMILES string of the molecule is Cc1cc(Oc2ncccc2C#N)ccc1NC(=O)C1(c2ccccc2)CC1. The Morgan fingerprint density at radius 3 is 2.61 bits per heavy atom. The second kappa shape index (κ2) is 7.16. The molecule has 0 aliphatic heterocycles. The van der Waals surface area contributed by atoms with E-state index in [2.05, 4.69) is 16.4 Å². The minimum absolute atomic E-state index is 0.0203. The minimum atomic E-state index is -0.418. The molecule has 0 radical (unpaired) electrons. The van der Waals surface area contributed by atoms with Crippen molar-refractivity contribution >= 4 is 11.6 Å². The number of aryl methyl sites for hydroxylation is 1. The molecule has 0 atom stereocenters. The molecule has 4 rings (SSSR count). The number of benzene rings is 2. The highest BCUT2D eigenvalue weighted by molar-refractivity contribution is 6.01. The lowest BCUT2D eigenvalue weighted by Gasteiger charge is -2.17. The van der Waals surface area contributed by atoms with E-state index in [0.717, 1.165) is 29.7 Å². The van der Waals surface area contributed by atoms with Gasteiger partial charge in [-0.3, -0.25) is 4.79 Å². The van der Waals surface area contributed by atoms with Crippen molar-refractivity contribution in [2.45, 2.75) is 25.2 Å². The largest absolute Gasteiger partial charge is 0.438 e. The highest BCUT2D eigenvalue weighted by atomic mass is 16.5. The number of hydrogen-bond donors (Lipinski definition) is 1. The number of anilines is 1. The zero-order valence-electron chi connectivity index (χ0n) is 15.5. The molecular formula is C23H19N3O2. The highest BCUT2D eigenvalue weighted by Crippen LogP contribution is 2.49. The molecule has 0 saturated heterocycles. The van der Waals surface area contributed by atoms with Gasteiger partial charge in [-0.05, 0) is 61.2 Å². The van der Waals surface area contributed by atoms with Gasteiger partial charge >= 0.3 is 0 Å². The predicted molar refractivity (Wildman–Crippen MR) is 106 cm³/mol. The van der Waals surface area contributed by atoms with Gasteiger partial charge in [-0.25, -0.2) is 4.98 Å². The summed E-state index contributed by atoms with van der Waals surface area (Å²) in [6, 6.07) is 20.7. The Labute approximate surface area is 163 Å². The van der Waals surface area contributed by atoms with Crippen LogP contribution in [0, 0.1) is 18.3 Å². The summed E-state index contributed by atoms with van der Waals surface area (Å²) in [5.41, 5.74) is 2.64. The summed E-state index contributed by atoms with van der Waals surface area (Å²) in [7, 11) is 0. The van der Waals surface area contributed by atoms with Crippen molar-refractivity contribution in [3.05, 3.63) is 83.6 Å². The van der Waals surface area contributed by atoms with Gasteiger partial charge in [0.1, 0.15) is 17.4 Å². The lowest BCUT2D eigenvalue weighted by molar-refractivity contribution is -0.118. The van der Waals surface area contributed by atoms with Gasteiger partial charge in [0.15, 0.2) is 0 Å². The van der Waals surface area contributed by atoms with Crippen LogP contribution in [0.2, 0.25) is 0 Å². The van der Waals surface area contributed by atoms with Crippen molar-refractivity contribution in [1.82, 2.24) is 4.98 Å². The standard InChI is InChI=1S/C23H19N3O2/c1-16-14-19(28-21-17(15-24)6-5-13-25-21)9-10-20(16)26-22(27)23(11-12-23)18-7-3-2-4-8-18/h2-10,13-14H,11-12H2,1H3,(H,26,27). The molecule has 5 heteroatoms. The van der Waals surface area contributed by atoms with E-state index in [1.54, 1.807) is 24.4 Å². The van der Waals surface area contributed by atoms with Crippen molar-refractivity contribution < 1.29 is 9.53 Å². The molecule has 1 heterocycles. The van der Waals surface area contributed by atoms with Gasteiger partial charge in [-0.1, -0.05) is 30.3 Å². The third-order valence-corrected chi connectivity index (χ3v) is 5.06. The van der Waals surface area contributed by atoms with Crippen molar-refractivity contribution in [3.63, 3.8) is 0 Å². The number of aromatic nitrogens is 1. The smallest absolute Gasteiger partial charge is 0.237 e. The molecule has 5 nitrogen and oxygen atoms in total. The molecule has 1 saturated carbocycles. The van der Waals surface area contributed by atoms with E-state index in [1.807, 2.05) is 49.4 Å². The molecule has 1 amide bonds. The van der Waals surface area contributed by atoms with E-state index in [9.17, 15) is 4.79 Å². The molecular weight excluding hydrogens is 350 g/mol. The molecule has 1 N–H and O–H groups in total. The number of carbonyl (C=O) groups is 1. The topological polar surface area (TPSA) is 75.0 Å². The molecule has 1 fully saturated rings. The van der Waals surface area contributed by atoms with Crippen LogP contribution in [0.5, 0.6) is 11.6 Å². The summed E-state index contributed by atoms with van der Waals surface area (Å²) in [6.45, 7) is 1.91. The fourth-order valence-corrected chi connectivity index (χ4v) is 3.28. The highest BCUT2D eigenvalue weighted by Gasteiger charge is 2.51. The molecule has 1 aliphatic rings. The predicted octanol–water partition coefficient (Wildman–Crippen LogP) is 4.72. The van der Waals surface area contributed by atoms with E-state index < -0.39 is 5.41 Å². The van der Waals surface area contributed by atoms with Crippen LogP contribution >= 0.6 is 0 Å². The van der Waals surface area contributed by atoms with E-state index in [1.165, 1.54) is 0 Å². The summed E-state index contributed by atoms with van der Waals surface area (Å²) >= 11 is 0. The first-order chi connectivity index (χ1) is 13.6. The lowest BCUT2D eigenvalue weighted by Crippen LogP contribution is -2.28. The lowest BCUT2D eigenvalue weighted by atomic mass is 9.95. The van der Waals surface area contributed by atoms with Crippen LogP contribution in [0.1, 0.15) is 29.5 Å². The number of hydrogen-bond acceptors (Lipinski definition) is 4. The molecule has 3 aromatic rings. The molecule has 1 aromatic heterocycles. The van der Waals surface area contributed by atoms with Gasteiger partial charge in [-0.15, -0.1) is 0 Å². The Kier molecular flexibility index (Phi) is 4.54. The van der Waals surface area contributed by atoms with Crippen molar-refractivity contribution in [3.8, 4) is 17.7 Å². The first kappa shape index (κ1) is 17.7. The molecule has 1 aliphatic carbocycles. The number of nitrogens with one attached hydrogen (secondary N) is 1. The van der Waals surface area contributed by atoms with Crippen molar-refractivity contribution in [2.24, 2.45) is 0 Å². The second-order valence-corrected chi connectivity index (χ2v) is 6.95. The van der Waals surface area contributed by atoms with Gasteiger partial charge in [0.25, 0.3) is 0 Å². The number of carbonyl (C=O) groups excluding carboxylic acids is 1. The maximum absolute atomic E-state index is 12.9. The number of ether oxygens (including phenoxy) is 1. The van der Waals surface area contributed by atoms with Crippen LogP contribution in [0.4, 0.5) is 5.69 Å². The minimum Gasteiger partial charge on any atom is -0.438 e.